The van der Waals surface area contributed by atoms with Crippen molar-refractivity contribution in [2.24, 2.45) is 5.73 Å². The second kappa shape index (κ2) is 6.20. The molecule has 0 aromatic carbocycles. The van der Waals surface area contributed by atoms with Gasteiger partial charge >= 0.3 is 0 Å². The summed E-state index contributed by atoms with van der Waals surface area (Å²) in [5, 5.41) is 4.80. The van der Waals surface area contributed by atoms with Gasteiger partial charge in [0.25, 0.3) is 0 Å². The molecule has 0 saturated carbocycles. The summed E-state index contributed by atoms with van der Waals surface area (Å²) in [4.78, 5) is 0. The van der Waals surface area contributed by atoms with E-state index in [1.54, 1.807) is 0 Å². The minimum Gasteiger partial charge on any atom is -0.324 e. The summed E-state index contributed by atoms with van der Waals surface area (Å²) < 4.78 is 2.23. The zero-order chi connectivity index (χ0) is 13.0. The van der Waals surface area contributed by atoms with E-state index in [4.69, 9.17) is 10.8 Å². The van der Waals surface area contributed by atoms with Gasteiger partial charge in [0, 0.05) is 17.3 Å². The quantitative estimate of drug-likeness (QED) is 0.824. The van der Waals surface area contributed by atoms with Gasteiger partial charge in [-0.15, -0.1) is 0 Å². The molecule has 0 saturated heterocycles. The van der Waals surface area contributed by atoms with Gasteiger partial charge in [0.05, 0.1) is 11.7 Å². The van der Waals surface area contributed by atoms with Crippen LogP contribution in [0.15, 0.2) is 0 Å². The van der Waals surface area contributed by atoms with E-state index < -0.39 is 0 Å². The first kappa shape index (κ1) is 14.2. The Hall–Kier alpha value is -0.830. The predicted octanol–water partition coefficient (Wildman–Crippen LogP) is 3.39. The van der Waals surface area contributed by atoms with E-state index in [1.165, 1.54) is 17.0 Å². The number of hydrogen-bond donors (Lipinski definition) is 1. The lowest BCUT2D eigenvalue weighted by atomic mass is 10.0. The molecule has 1 heterocycles. The highest BCUT2D eigenvalue weighted by molar-refractivity contribution is 5.30. The molecule has 0 radical (unpaired) electrons. The van der Waals surface area contributed by atoms with Crippen molar-refractivity contribution in [3.63, 3.8) is 0 Å². The van der Waals surface area contributed by atoms with E-state index in [2.05, 4.69) is 39.3 Å². The first-order valence-corrected chi connectivity index (χ1v) is 6.96. The van der Waals surface area contributed by atoms with Crippen molar-refractivity contribution >= 4 is 0 Å². The molecule has 3 nitrogen and oxygen atoms in total. The monoisotopic (exact) mass is 237 g/mol. The molecule has 2 N–H and O–H groups in total. The third-order valence-electron chi connectivity index (χ3n) is 3.54. The fourth-order valence-corrected chi connectivity index (χ4v) is 2.61. The van der Waals surface area contributed by atoms with Crippen LogP contribution in [0.5, 0.6) is 0 Å². The molecule has 1 aromatic heterocycles. The van der Waals surface area contributed by atoms with Crippen molar-refractivity contribution < 1.29 is 0 Å². The van der Waals surface area contributed by atoms with Gasteiger partial charge in [0.2, 0.25) is 0 Å². The molecule has 1 aromatic rings. The smallest absolute Gasteiger partial charge is 0.0672 e. The second-order valence-electron chi connectivity index (χ2n) is 4.72. The Morgan fingerprint density at radius 3 is 2.06 bits per heavy atom. The van der Waals surface area contributed by atoms with E-state index in [9.17, 15) is 0 Å². The van der Waals surface area contributed by atoms with Crippen LogP contribution in [-0.4, -0.2) is 9.78 Å². The van der Waals surface area contributed by atoms with Crippen LogP contribution >= 0.6 is 0 Å². The highest BCUT2D eigenvalue weighted by atomic mass is 15.3. The third kappa shape index (κ3) is 2.71. The summed E-state index contributed by atoms with van der Waals surface area (Å²) in [5.41, 5.74) is 9.91. The summed E-state index contributed by atoms with van der Waals surface area (Å²) >= 11 is 0. The van der Waals surface area contributed by atoms with Gasteiger partial charge in [-0.3, -0.25) is 4.68 Å². The molecule has 0 aliphatic rings. The van der Waals surface area contributed by atoms with Crippen molar-refractivity contribution in [3.05, 3.63) is 17.0 Å². The molecule has 0 amide bonds. The average Bonchev–Trinajstić information content (AvgIpc) is 2.69. The molecule has 0 aliphatic carbocycles. The lowest BCUT2D eigenvalue weighted by Crippen LogP contribution is -2.14. The topological polar surface area (TPSA) is 43.8 Å². The molecule has 1 unspecified atom stereocenters. The van der Waals surface area contributed by atoms with Crippen LogP contribution in [-0.2, 0) is 12.8 Å². The molecule has 0 bridgehead atoms. The zero-order valence-electron chi connectivity index (χ0n) is 12.0. The number of aryl methyl sites for hydroxylation is 1. The molecule has 1 atom stereocenters. The lowest BCUT2D eigenvalue weighted by Gasteiger charge is -2.17. The maximum absolute atomic E-state index is 6.11. The average molecular weight is 237 g/mol. The predicted molar refractivity (Wildman–Crippen MR) is 73.2 cm³/mol. The summed E-state index contributed by atoms with van der Waals surface area (Å²) in [7, 11) is 0. The van der Waals surface area contributed by atoms with Crippen molar-refractivity contribution in [3.8, 4) is 0 Å². The molecule has 98 valence electrons. The number of hydrogen-bond acceptors (Lipinski definition) is 2. The first-order valence-electron chi connectivity index (χ1n) is 6.96. The van der Waals surface area contributed by atoms with Crippen molar-refractivity contribution in [2.75, 3.05) is 0 Å². The Bertz CT molecular complexity index is 349. The Kier molecular flexibility index (Phi) is 5.19. The van der Waals surface area contributed by atoms with Crippen LogP contribution in [0.1, 0.15) is 76.5 Å². The van der Waals surface area contributed by atoms with Gasteiger partial charge in [0.1, 0.15) is 0 Å². The Labute approximate surface area is 105 Å². The number of aromatic nitrogens is 2. The van der Waals surface area contributed by atoms with E-state index >= 15 is 0 Å². The Morgan fingerprint density at radius 2 is 1.71 bits per heavy atom. The van der Waals surface area contributed by atoms with E-state index in [0.29, 0.717) is 6.04 Å². The molecule has 0 fully saturated rings. The normalized spacial score (nSPS) is 13.4. The van der Waals surface area contributed by atoms with Crippen LogP contribution in [0.25, 0.3) is 0 Å². The van der Waals surface area contributed by atoms with E-state index in [1.807, 2.05) is 0 Å². The van der Waals surface area contributed by atoms with Crippen LogP contribution in [0, 0.1) is 0 Å². The Balaban J connectivity index is 3.31. The maximum Gasteiger partial charge on any atom is 0.0672 e. The molecular formula is C14H27N3. The lowest BCUT2D eigenvalue weighted by molar-refractivity contribution is 0.412. The summed E-state index contributed by atoms with van der Waals surface area (Å²) in [5.74, 6) is 0. The summed E-state index contributed by atoms with van der Waals surface area (Å²) in [6.45, 7) is 10.9. The molecule has 0 spiro atoms. The SMILES string of the molecule is CCc1nn(C(CC)CC)c(CC)c1C(C)N. The molecular weight excluding hydrogens is 210 g/mol. The molecule has 0 aliphatic heterocycles. The van der Waals surface area contributed by atoms with Crippen LogP contribution < -0.4 is 5.73 Å². The minimum atomic E-state index is 0.0861. The highest BCUT2D eigenvalue weighted by Crippen LogP contribution is 2.27. The van der Waals surface area contributed by atoms with Gasteiger partial charge in [-0.1, -0.05) is 27.7 Å². The van der Waals surface area contributed by atoms with Crippen LogP contribution in [0.4, 0.5) is 0 Å². The number of nitrogens with two attached hydrogens (primary N) is 1. The van der Waals surface area contributed by atoms with Crippen molar-refractivity contribution in [1.29, 1.82) is 0 Å². The van der Waals surface area contributed by atoms with Gasteiger partial charge in [-0.2, -0.15) is 5.10 Å². The van der Waals surface area contributed by atoms with Gasteiger partial charge in [-0.25, -0.2) is 0 Å². The molecule has 17 heavy (non-hydrogen) atoms. The first-order chi connectivity index (χ1) is 8.10. The largest absolute Gasteiger partial charge is 0.324 e. The van der Waals surface area contributed by atoms with Crippen molar-refractivity contribution in [2.45, 2.75) is 72.4 Å². The standard InChI is InChI=1S/C14H27N3/c1-6-11(7-2)17-13(9-4)14(10(5)15)12(8-3)16-17/h10-11H,6-9,15H2,1-5H3. The van der Waals surface area contributed by atoms with Crippen molar-refractivity contribution in [1.82, 2.24) is 9.78 Å². The minimum absolute atomic E-state index is 0.0861. The molecule has 1 rings (SSSR count). The Morgan fingerprint density at radius 1 is 1.12 bits per heavy atom. The van der Waals surface area contributed by atoms with E-state index in [0.717, 1.165) is 25.7 Å². The third-order valence-corrected chi connectivity index (χ3v) is 3.54. The second-order valence-corrected chi connectivity index (χ2v) is 4.72. The molecule has 3 heteroatoms. The number of rotatable bonds is 6. The maximum atomic E-state index is 6.11. The van der Waals surface area contributed by atoms with Gasteiger partial charge in [0.15, 0.2) is 0 Å². The fourth-order valence-electron chi connectivity index (χ4n) is 2.61. The highest BCUT2D eigenvalue weighted by Gasteiger charge is 2.21. The fraction of sp³-hybridized carbons (Fsp3) is 0.786. The summed E-state index contributed by atoms with van der Waals surface area (Å²) in [6, 6.07) is 0.603. The van der Waals surface area contributed by atoms with Crippen LogP contribution in [0.2, 0.25) is 0 Å². The number of nitrogens with zero attached hydrogens (tertiary/aromatic N) is 2. The van der Waals surface area contributed by atoms with Crippen LogP contribution in [0.3, 0.4) is 0 Å². The zero-order valence-corrected chi connectivity index (χ0v) is 12.0. The van der Waals surface area contributed by atoms with Gasteiger partial charge in [-0.05, 0) is 32.6 Å². The summed E-state index contributed by atoms with van der Waals surface area (Å²) in [6.07, 6.45) is 4.25. The van der Waals surface area contributed by atoms with E-state index in [-0.39, 0.29) is 6.04 Å². The van der Waals surface area contributed by atoms with Gasteiger partial charge < -0.3 is 5.73 Å².